The molecule has 2 saturated heterocycles. The van der Waals surface area contributed by atoms with Crippen LogP contribution in [0.3, 0.4) is 0 Å². The molecule has 1 unspecified atom stereocenters. The highest BCUT2D eigenvalue weighted by Gasteiger charge is 2.33. The maximum atomic E-state index is 12.1. The molecule has 0 aromatic rings. The number of nitrogens with one attached hydrogen (secondary N) is 2. The molecule has 0 spiro atoms. The molecule has 0 aromatic carbocycles. The predicted molar refractivity (Wildman–Crippen MR) is 72.9 cm³/mol. The molecule has 4 nitrogen and oxygen atoms in total. The molecule has 1 atom stereocenters. The van der Waals surface area contributed by atoms with Crippen LogP contribution in [-0.4, -0.2) is 43.8 Å². The second-order valence-corrected chi connectivity index (χ2v) is 8.95. The van der Waals surface area contributed by atoms with Crippen LogP contribution in [-0.2, 0) is 10.0 Å². The van der Waals surface area contributed by atoms with Crippen molar-refractivity contribution in [2.75, 3.05) is 25.4 Å². The van der Waals surface area contributed by atoms with Gasteiger partial charge in [0, 0.05) is 11.3 Å². The van der Waals surface area contributed by atoms with Crippen molar-refractivity contribution in [3.8, 4) is 0 Å². The van der Waals surface area contributed by atoms with E-state index in [0.717, 1.165) is 38.1 Å². The first kappa shape index (κ1) is 13.6. The smallest absolute Gasteiger partial charge is 0.214 e. The van der Waals surface area contributed by atoms with Crippen LogP contribution >= 0.6 is 11.8 Å². The molecule has 2 fully saturated rings. The third-order valence-electron chi connectivity index (χ3n) is 3.67. The summed E-state index contributed by atoms with van der Waals surface area (Å²) < 4.78 is 27.2. The maximum absolute atomic E-state index is 12.1. The van der Waals surface area contributed by atoms with Gasteiger partial charge in [-0.1, -0.05) is 0 Å². The number of piperidine rings is 1. The lowest BCUT2D eigenvalue weighted by molar-refractivity contribution is 0.484. The molecular weight excluding hydrogens is 256 g/mol. The maximum Gasteiger partial charge on any atom is 0.214 e. The molecule has 2 heterocycles. The summed E-state index contributed by atoms with van der Waals surface area (Å²) in [4.78, 5) is 0. The van der Waals surface area contributed by atoms with Gasteiger partial charge in [0.25, 0.3) is 0 Å². The highest BCUT2D eigenvalue weighted by atomic mass is 32.2. The van der Waals surface area contributed by atoms with Crippen molar-refractivity contribution in [3.05, 3.63) is 0 Å². The van der Waals surface area contributed by atoms with E-state index in [4.69, 9.17) is 0 Å². The fraction of sp³-hybridized carbons (Fsp3) is 1.00. The van der Waals surface area contributed by atoms with Gasteiger partial charge in [0.1, 0.15) is 0 Å². The summed E-state index contributed by atoms with van der Waals surface area (Å²) in [6.45, 7) is 4.38. The van der Waals surface area contributed by atoms with Crippen LogP contribution in [0.25, 0.3) is 0 Å². The molecule has 0 bridgehead atoms. The second-order valence-electron chi connectivity index (χ2n) is 5.22. The molecule has 2 aliphatic rings. The Morgan fingerprint density at radius 2 is 2.12 bits per heavy atom. The van der Waals surface area contributed by atoms with Crippen molar-refractivity contribution in [3.63, 3.8) is 0 Å². The summed E-state index contributed by atoms with van der Waals surface area (Å²) >= 11 is 1.89. The van der Waals surface area contributed by atoms with Gasteiger partial charge in [-0.05, 0) is 51.4 Å². The fourth-order valence-electron chi connectivity index (χ4n) is 2.45. The molecule has 0 amide bonds. The van der Waals surface area contributed by atoms with Gasteiger partial charge < -0.3 is 5.32 Å². The number of rotatable bonds is 4. The summed E-state index contributed by atoms with van der Waals surface area (Å²) in [7, 11) is -3.11. The largest absolute Gasteiger partial charge is 0.317 e. The van der Waals surface area contributed by atoms with Gasteiger partial charge in [-0.3, -0.25) is 0 Å². The zero-order chi connectivity index (χ0) is 12.4. The molecule has 0 aromatic heterocycles. The van der Waals surface area contributed by atoms with E-state index in [-0.39, 0.29) is 10.00 Å². The number of thioether (sulfide) groups is 1. The monoisotopic (exact) mass is 278 g/mol. The zero-order valence-corrected chi connectivity index (χ0v) is 12.0. The predicted octanol–water partition coefficient (Wildman–Crippen LogP) is 0.943. The van der Waals surface area contributed by atoms with Crippen LogP contribution in [0.15, 0.2) is 0 Å². The van der Waals surface area contributed by atoms with Gasteiger partial charge in [-0.2, -0.15) is 11.8 Å². The van der Waals surface area contributed by atoms with Gasteiger partial charge >= 0.3 is 0 Å². The first-order valence-corrected chi connectivity index (χ1v) is 8.88. The lowest BCUT2D eigenvalue weighted by atomic mass is 10.1. The van der Waals surface area contributed by atoms with Crippen LogP contribution in [0.4, 0.5) is 0 Å². The molecule has 0 radical (unpaired) electrons. The van der Waals surface area contributed by atoms with E-state index in [1.807, 2.05) is 11.8 Å². The van der Waals surface area contributed by atoms with E-state index in [9.17, 15) is 8.42 Å². The number of sulfonamides is 1. The quantitative estimate of drug-likeness (QED) is 0.804. The average molecular weight is 278 g/mol. The van der Waals surface area contributed by atoms with Crippen LogP contribution in [0, 0.1) is 0 Å². The standard InChI is InChI=1S/C11H22N2O2S2/c1-11(5-2-8-16-11)9-13-17(14,15)10-3-6-12-7-4-10/h10,12-13H,2-9H2,1H3. The van der Waals surface area contributed by atoms with Gasteiger partial charge in [-0.15, -0.1) is 0 Å². The molecule has 100 valence electrons. The molecule has 2 rings (SSSR count). The molecule has 17 heavy (non-hydrogen) atoms. The molecule has 2 aliphatic heterocycles. The van der Waals surface area contributed by atoms with E-state index < -0.39 is 10.0 Å². The Labute approximate surface area is 108 Å². The number of hydrogen-bond donors (Lipinski definition) is 2. The highest BCUT2D eigenvalue weighted by molar-refractivity contribution is 8.01. The third kappa shape index (κ3) is 3.59. The fourth-order valence-corrected chi connectivity index (χ4v) is 5.40. The van der Waals surface area contributed by atoms with Crippen molar-refractivity contribution in [2.45, 2.75) is 42.6 Å². The first-order valence-electron chi connectivity index (χ1n) is 6.35. The SMILES string of the molecule is CC1(CNS(=O)(=O)C2CCNCC2)CCCS1. The van der Waals surface area contributed by atoms with Crippen molar-refractivity contribution in [2.24, 2.45) is 0 Å². The summed E-state index contributed by atoms with van der Waals surface area (Å²) in [5.74, 6) is 1.16. The topological polar surface area (TPSA) is 58.2 Å². The van der Waals surface area contributed by atoms with E-state index in [2.05, 4.69) is 17.0 Å². The molecule has 0 aliphatic carbocycles. The minimum Gasteiger partial charge on any atom is -0.317 e. The second kappa shape index (κ2) is 5.47. The molecular formula is C11H22N2O2S2. The first-order chi connectivity index (χ1) is 8.02. The van der Waals surface area contributed by atoms with E-state index in [0.29, 0.717) is 6.54 Å². The van der Waals surface area contributed by atoms with E-state index in [1.54, 1.807) is 0 Å². The lowest BCUT2D eigenvalue weighted by Gasteiger charge is -2.27. The van der Waals surface area contributed by atoms with Crippen molar-refractivity contribution in [1.82, 2.24) is 10.0 Å². The summed E-state index contributed by atoms with van der Waals surface area (Å²) in [6.07, 6.45) is 3.79. The minimum atomic E-state index is -3.11. The minimum absolute atomic E-state index is 0.111. The molecule has 0 saturated carbocycles. The third-order valence-corrected chi connectivity index (χ3v) is 7.11. The van der Waals surface area contributed by atoms with Crippen LogP contribution in [0.1, 0.15) is 32.6 Å². The van der Waals surface area contributed by atoms with Crippen molar-refractivity contribution in [1.29, 1.82) is 0 Å². The van der Waals surface area contributed by atoms with Crippen LogP contribution < -0.4 is 10.0 Å². The summed E-state index contributed by atoms with van der Waals surface area (Å²) in [5.41, 5.74) is 0. The Balaban J connectivity index is 1.88. The lowest BCUT2D eigenvalue weighted by Crippen LogP contribution is -2.45. The van der Waals surface area contributed by atoms with Gasteiger partial charge in [0.05, 0.1) is 5.25 Å². The summed E-state index contributed by atoms with van der Waals surface area (Å²) in [6, 6.07) is 0. The Morgan fingerprint density at radius 3 is 2.71 bits per heavy atom. The Bertz CT molecular complexity index is 344. The normalized spacial score (nSPS) is 31.8. The Morgan fingerprint density at radius 1 is 1.41 bits per heavy atom. The van der Waals surface area contributed by atoms with E-state index >= 15 is 0 Å². The van der Waals surface area contributed by atoms with Crippen molar-refractivity contribution < 1.29 is 8.42 Å². The van der Waals surface area contributed by atoms with Crippen LogP contribution in [0.5, 0.6) is 0 Å². The van der Waals surface area contributed by atoms with Crippen molar-refractivity contribution >= 4 is 21.8 Å². The zero-order valence-electron chi connectivity index (χ0n) is 10.4. The van der Waals surface area contributed by atoms with Gasteiger partial charge in [0.2, 0.25) is 10.0 Å². The molecule has 2 N–H and O–H groups in total. The van der Waals surface area contributed by atoms with E-state index in [1.165, 1.54) is 6.42 Å². The summed E-state index contributed by atoms with van der Waals surface area (Å²) in [5, 5.41) is 3.00. The van der Waals surface area contributed by atoms with Gasteiger partial charge in [0.15, 0.2) is 0 Å². The van der Waals surface area contributed by atoms with Gasteiger partial charge in [-0.25, -0.2) is 13.1 Å². The highest BCUT2D eigenvalue weighted by Crippen LogP contribution is 2.37. The number of hydrogen-bond acceptors (Lipinski definition) is 4. The Hall–Kier alpha value is 0.220. The Kier molecular flexibility index (Phi) is 4.39. The molecule has 6 heteroatoms. The van der Waals surface area contributed by atoms with Crippen LogP contribution in [0.2, 0.25) is 0 Å². The average Bonchev–Trinajstić information content (AvgIpc) is 2.76.